The molecule has 0 spiro atoms. The van der Waals surface area contributed by atoms with Gasteiger partial charge in [0, 0.05) is 16.2 Å². The summed E-state index contributed by atoms with van der Waals surface area (Å²) >= 11 is 3.39. The normalized spacial score (nSPS) is 10.1. The molecule has 0 saturated carbocycles. The fourth-order valence-corrected chi connectivity index (χ4v) is 1.83. The van der Waals surface area contributed by atoms with Crippen LogP contribution < -0.4 is 5.73 Å². The van der Waals surface area contributed by atoms with Crippen LogP contribution in [0.25, 0.3) is 0 Å². The van der Waals surface area contributed by atoms with Gasteiger partial charge in [0.25, 0.3) is 0 Å². The molecule has 1 heterocycles. The Hall–Kier alpha value is -1.88. The van der Waals surface area contributed by atoms with Gasteiger partial charge in [-0.2, -0.15) is 0 Å². The van der Waals surface area contributed by atoms with Gasteiger partial charge >= 0.3 is 5.97 Å². The smallest absolute Gasteiger partial charge is 0.340 e. The zero-order valence-electron chi connectivity index (χ0n) is 9.47. The predicted molar refractivity (Wildman–Crippen MR) is 71.9 cm³/mol. The van der Waals surface area contributed by atoms with Crippen molar-refractivity contribution in [2.75, 3.05) is 5.73 Å². The van der Waals surface area contributed by atoms with Crippen molar-refractivity contribution in [2.45, 2.75) is 6.61 Å². The number of ether oxygens (including phenoxy) is 1. The van der Waals surface area contributed by atoms with E-state index in [1.807, 2.05) is 24.3 Å². The van der Waals surface area contributed by atoms with E-state index in [1.54, 1.807) is 0 Å². The Kier molecular flexibility index (Phi) is 3.94. The summed E-state index contributed by atoms with van der Waals surface area (Å²) in [6, 6.07) is 9.10. The van der Waals surface area contributed by atoms with Crippen molar-refractivity contribution in [1.29, 1.82) is 0 Å². The number of aromatic nitrogens is 1. The molecule has 1 aromatic carbocycles. The molecule has 0 aliphatic rings. The number of pyridine rings is 1. The molecule has 0 unspecified atom stereocenters. The highest BCUT2D eigenvalue weighted by atomic mass is 79.9. The van der Waals surface area contributed by atoms with Crippen molar-refractivity contribution in [3.05, 3.63) is 58.3 Å². The van der Waals surface area contributed by atoms with E-state index in [0.29, 0.717) is 11.3 Å². The van der Waals surface area contributed by atoms with Crippen molar-refractivity contribution in [2.24, 2.45) is 0 Å². The summed E-state index contributed by atoms with van der Waals surface area (Å²) in [6.45, 7) is 0.196. The number of hydrogen-bond donors (Lipinski definition) is 1. The summed E-state index contributed by atoms with van der Waals surface area (Å²) in [5.74, 6) is -0.453. The number of anilines is 1. The van der Waals surface area contributed by atoms with Crippen molar-refractivity contribution in [1.82, 2.24) is 4.98 Å². The van der Waals surface area contributed by atoms with Crippen molar-refractivity contribution >= 4 is 27.6 Å². The zero-order chi connectivity index (χ0) is 13.0. The number of nitrogen functional groups attached to an aromatic ring is 1. The molecule has 2 N–H and O–H groups in total. The average molecular weight is 307 g/mol. The van der Waals surface area contributed by atoms with Crippen LogP contribution in [0.3, 0.4) is 0 Å². The topological polar surface area (TPSA) is 65.2 Å². The van der Waals surface area contributed by atoms with Crippen LogP contribution in [0.1, 0.15) is 15.9 Å². The second-order valence-electron chi connectivity index (χ2n) is 3.63. The monoisotopic (exact) mass is 306 g/mol. The molecular weight excluding hydrogens is 296 g/mol. The van der Waals surface area contributed by atoms with Gasteiger partial charge in [0.1, 0.15) is 6.61 Å². The van der Waals surface area contributed by atoms with E-state index in [4.69, 9.17) is 10.5 Å². The van der Waals surface area contributed by atoms with Crippen LogP contribution in [0.15, 0.2) is 47.2 Å². The van der Waals surface area contributed by atoms with E-state index in [-0.39, 0.29) is 6.61 Å². The summed E-state index contributed by atoms with van der Waals surface area (Å²) < 4.78 is 6.10. The van der Waals surface area contributed by atoms with Crippen LogP contribution in [0, 0.1) is 0 Å². The predicted octanol–water partition coefficient (Wildman–Crippen LogP) is 2.78. The first kappa shape index (κ1) is 12.6. The Labute approximate surface area is 113 Å². The van der Waals surface area contributed by atoms with Crippen LogP contribution >= 0.6 is 15.9 Å². The quantitative estimate of drug-likeness (QED) is 0.886. The van der Waals surface area contributed by atoms with Gasteiger partial charge in [0.2, 0.25) is 0 Å². The third-order valence-corrected chi connectivity index (χ3v) is 3.16. The SMILES string of the molecule is Nc1cnccc1C(=O)OCc1ccccc1Br. The van der Waals surface area contributed by atoms with Gasteiger partial charge < -0.3 is 10.5 Å². The van der Waals surface area contributed by atoms with Gasteiger partial charge in [-0.3, -0.25) is 4.98 Å². The molecule has 0 radical (unpaired) electrons. The molecule has 92 valence electrons. The number of benzene rings is 1. The van der Waals surface area contributed by atoms with E-state index in [9.17, 15) is 4.79 Å². The lowest BCUT2D eigenvalue weighted by Crippen LogP contribution is -2.08. The molecule has 0 bridgehead atoms. The van der Waals surface area contributed by atoms with Gasteiger partial charge in [-0.25, -0.2) is 4.79 Å². The minimum absolute atomic E-state index is 0.196. The average Bonchev–Trinajstić information content (AvgIpc) is 2.38. The minimum Gasteiger partial charge on any atom is -0.457 e. The number of hydrogen-bond acceptors (Lipinski definition) is 4. The molecule has 2 aromatic rings. The highest BCUT2D eigenvalue weighted by Crippen LogP contribution is 2.18. The second kappa shape index (κ2) is 5.64. The second-order valence-corrected chi connectivity index (χ2v) is 4.48. The summed E-state index contributed by atoms with van der Waals surface area (Å²) in [6.07, 6.45) is 2.93. The fourth-order valence-electron chi connectivity index (χ4n) is 1.43. The van der Waals surface area contributed by atoms with Crippen molar-refractivity contribution in [3.8, 4) is 0 Å². The standard InChI is InChI=1S/C13H11BrN2O2/c14-11-4-2-1-3-9(11)8-18-13(17)10-5-6-16-7-12(10)15/h1-7H,8,15H2. The maximum atomic E-state index is 11.8. The number of esters is 1. The molecule has 4 nitrogen and oxygen atoms in total. The maximum absolute atomic E-state index is 11.8. The molecule has 5 heteroatoms. The molecule has 18 heavy (non-hydrogen) atoms. The minimum atomic E-state index is -0.453. The molecule has 1 aromatic heterocycles. The molecule has 0 fully saturated rings. The molecule has 2 rings (SSSR count). The number of halogens is 1. The summed E-state index contributed by atoms with van der Waals surface area (Å²) in [5.41, 5.74) is 7.19. The summed E-state index contributed by atoms with van der Waals surface area (Å²) in [4.78, 5) is 15.6. The van der Waals surface area contributed by atoms with Crippen LogP contribution in [0.5, 0.6) is 0 Å². The fraction of sp³-hybridized carbons (Fsp3) is 0.0769. The zero-order valence-corrected chi connectivity index (χ0v) is 11.1. The van der Waals surface area contributed by atoms with Gasteiger partial charge in [0.05, 0.1) is 17.4 Å². The first-order valence-corrected chi connectivity index (χ1v) is 6.08. The Morgan fingerprint density at radius 2 is 2.11 bits per heavy atom. The summed E-state index contributed by atoms with van der Waals surface area (Å²) in [5, 5.41) is 0. The van der Waals surface area contributed by atoms with E-state index >= 15 is 0 Å². The number of nitrogens with zero attached hydrogens (tertiary/aromatic N) is 1. The Morgan fingerprint density at radius 3 is 2.83 bits per heavy atom. The van der Waals surface area contributed by atoms with Crippen LogP contribution in [-0.2, 0) is 11.3 Å². The Balaban J connectivity index is 2.06. The van der Waals surface area contributed by atoms with Gasteiger partial charge in [-0.1, -0.05) is 34.1 Å². The lowest BCUT2D eigenvalue weighted by Gasteiger charge is -2.07. The molecule has 0 aliphatic carbocycles. The van der Waals surface area contributed by atoms with Gasteiger partial charge in [-0.05, 0) is 12.1 Å². The van der Waals surface area contributed by atoms with Crippen LogP contribution in [-0.4, -0.2) is 11.0 Å². The third-order valence-electron chi connectivity index (χ3n) is 2.39. The Morgan fingerprint density at radius 1 is 1.33 bits per heavy atom. The lowest BCUT2D eigenvalue weighted by molar-refractivity contribution is 0.0473. The molecule has 0 amide bonds. The van der Waals surface area contributed by atoms with Gasteiger partial charge in [-0.15, -0.1) is 0 Å². The summed E-state index contributed by atoms with van der Waals surface area (Å²) in [7, 11) is 0. The van der Waals surface area contributed by atoms with Crippen molar-refractivity contribution < 1.29 is 9.53 Å². The van der Waals surface area contributed by atoms with E-state index in [0.717, 1.165) is 10.0 Å². The van der Waals surface area contributed by atoms with Gasteiger partial charge in [0.15, 0.2) is 0 Å². The number of carbonyl (C=O) groups excluding carboxylic acids is 1. The third kappa shape index (κ3) is 2.87. The highest BCUT2D eigenvalue weighted by Gasteiger charge is 2.11. The number of carbonyl (C=O) groups is 1. The maximum Gasteiger partial charge on any atom is 0.340 e. The largest absolute Gasteiger partial charge is 0.457 e. The molecule has 0 atom stereocenters. The number of nitrogens with two attached hydrogens (primary N) is 1. The highest BCUT2D eigenvalue weighted by molar-refractivity contribution is 9.10. The van der Waals surface area contributed by atoms with E-state index in [2.05, 4.69) is 20.9 Å². The van der Waals surface area contributed by atoms with Crippen molar-refractivity contribution in [3.63, 3.8) is 0 Å². The van der Waals surface area contributed by atoms with E-state index < -0.39 is 5.97 Å². The molecule has 0 aliphatic heterocycles. The van der Waals surface area contributed by atoms with Crippen LogP contribution in [0.4, 0.5) is 5.69 Å². The first-order chi connectivity index (χ1) is 8.68. The van der Waals surface area contributed by atoms with Crippen LogP contribution in [0.2, 0.25) is 0 Å². The molecule has 0 saturated heterocycles. The lowest BCUT2D eigenvalue weighted by atomic mass is 10.2. The number of rotatable bonds is 3. The molecular formula is C13H11BrN2O2. The first-order valence-electron chi connectivity index (χ1n) is 5.28. The Bertz CT molecular complexity index is 572. The van der Waals surface area contributed by atoms with E-state index in [1.165, 1.54) is 18.5 Å².